The summed E-state index contributed by atoms with van der Waals surface area (Å²) < 4.78 is 11.3. The predicted molar refractivity (Wildman–Crippen MR) is 56.4 cm³/mol. The van der Waals surface area contributed by atoms with Crippen LogP contribution in [-0.2, 0) is 0 Å². The lowest BCUT2D eigenvalue weighted by atomic mass is 10.3. The number of benzene rings is 1. The topological polar surface area (TPSA) is 57.3 Å². The van der Waals surface area contributed by atoms with Crippen molar-refractivity contribution in [3.63, 3.8) is 0 Å². The smallest absolute Gasteiger partial charge is 0.444 e. The minimum absolute atomic E-state index is 0.0595. The number of para-hydroxylation sites is 1. The highest BCUT2D eigenvalue weighted by atomic mass is 79.9. The van der Waals surface area contributed by atoms with Crippen LogP contribution in [0.4, 0.5) is 0 Å². The van der Waals surface area contributed by atoms with Crippen LogP contribution in [0.15, 0.2) is 37.9 Å². The van der Waals surface area contributed by atoms with Crippen molar-refractivity contribution in [3.05, 3.63) is 39.3 Å². The maximum atomic E-state index is 11.4. The summed E-state index contributed by atoms with van der Waals surface area (Å²) in [6.45, 7) is 0. The van der Waals surface area contributed by atoms with Gasteiger partial charge in [-0.1, -0.05) is 17.2 Å². The molecular weight excluding hydrogens is 264 g/mol. The van der Waals surface area contributed by atoms with Gasteiger partial charge in [0, 0.05) is 4.47 Å². The summed E-state index contributed by atoms with van der Waals surface area (Å²) in [6, 6.07) is 7.19. The Bertz CT molecular complexity index is 532. The van der Waals surface area contributed by atoms with Crippen LogP contribution in [0.3, 0.4) is 0 Å². The third-order valence-corrected chi connectivity index (χ3v) is 2.46. The Morgan fingerprint density at radius 2 is 2.20 bits per heavy atom. The largest absolute Gasteiger partial charge is 0.452 e. The van der Waals surface area contributed by atoms with E-state index in [4.69, 9.17) is 9.15 Å². The molecule has 2 rings (SSSR count). The molecule has 0 atom stereocenters. The quantitative estimate of drug-likeness (QED) is 0.832. The molecule has 78 valence electrons. The fourth-order valence-electron chi connectivity index (χ4n) is 1.12. The van der Waals surface area contributed by atoms with Gasteiger partial charge >= 0.3 is 11.8 Å². The molecule has 0 spiro atoms. The number of ether oxygens (including phenoxy) is 1. The second-order valence-corrected chi connectivity index (χ2v) is 3.56. The number of halogens is 1. The van der Waals surface area contributed by atoms with E-state index in [0.29, 0.717) is 5.69 Å². The molecule has 15 heavy (non-hydrogen) atoms. The number of methoxy groups -OCH3 is 1. The van der Waals surface area contributed by atoms with Gasteiger partial charge in [-0.25, -0.2) is 4.79 Å². The van der Waals surface area contributed by atoms with Gasteiger partial charge in [0.2, 0.25) is 0 Å². The van der Waals surface area contributed by atoms with Crippen molar-refractivity contribution < 1.29 is 9.15 Å². The van der Waals surface area contributed by atoms with E-state index in [-0.39, 0.29) is 6.08 Å². The van der Waals surface area contributed by atoms with E-state index in [0.717, 1.165) is 9.15 Å². The SMILES string of the molecule is COc1nn(-c2ccccc2Br)c(=O)o1. The molecule has 0 aliphatic heterocycles. The van der Waals surface area contributed by atoms with Gasteiger partial charge in [0.1, 0.15) is 0 Å². The van der Waals surface area contributed by atoms with Crippen molar-refractivity contribution >= 4 is 15.9 Å². The molecule has 1 heterocycles. The van der Waals surface area contributed by atoms with Gasteiger partial charge in [0.25, 0.3) is 0 Å². The second kappa shape index (κ2) is 3.90. The molecule has 0 saturated carbocycles. The average molecular weight is 271 g/mol. The van der Waals surface area contributed by atoms with E-state index < -0.39 is 5.76 Å². The summed E-state index contributed by atoms with van der Waals surface area (Å²) in [6.07, 6.45) is -0.0595. The Kier molecular flexibility index (Phi) is 2.59. The molecule has 5 nitrogen and oxygen atoms in total. The van der Waals surface area contributed by atoms with Crippen molar-refractivity contribution in [2.24, 2.45) is 0 Å². The summed E-state index contributed by atoms with van der Waals surface area (Å²) in [5, 5.41) is 3.84. The lowest BCUT2D eigenvalue weighted by Gasteiger charge is -1.99. The molecule has 6 heteroatoms. The lowest BCUT2D eigenvalue weighted by molar-refractivity contribution is 0.282. The van der Waals surface area contributed by atoms with Gasteiger partial charge < -0.3 is 9.15 Å². The minimum atomic E-state index is -0.584. The highest BCUT2D eigenvalue weighted by molar-refractivity contribution is 9.10. The fraction of sp³-hybridized carbons (Fsp3) is 0.111. The zero-order valence-corrected chi connectivity index (χ0v) is 9.39. The molecule has 0 fully saturated rings. The molecule has 0 aliphatic carbocycles. The zero-order valence-electron chi connectivity index (χ0n) is 7.81. The highest BCUT2D eigenvalue weighted by Gasteiger charge is 2.11. The van der Waals surface area contributed by atoms with E-state index in [1.54, 1.807) is 12.1 Å². The molecule has 0 N–H and O–H groups in total. The Morgan fingerprint density at radius 3 is 2.80 bits per heavy atom. The van der Waals surface area contributed by atoms with Gasteiger partial charge in [-0.15, -0.1) is 0 Å². The summed E-state index contributed by atoms with van der Waals surface area (Å²) in [5.74, 6) is -0.584. The zero-order chi connectivity index (χ0) is 10.8. The van der Waals surface area contributed by atoms with Crippen molar-refractivity contribution in [1.82, 2.24) is 9.78 Å². The first-order valence-corrected chi connectivity index (χ1v) is 4.90. The van der Waals surface area contributed by atoms with Crippen molar-refractivity contribution in [3.8, 4) is 11.8 Å². The molecule has 2 aromatic rings. The van der Waals surface area contributed by atoms with E-state index >= 15 is 0 Å². The number of aromatic nitrogens is 2. The maximum absolute atomic E-state index is 11.4. The monoisotopic (exact) mass is 270 g/mol. The Hall–Kier alpha value is -1.56. The van der Waals surface area contributed by atoms with E-state index in [1.807, 2.05) is 12.1 Å². The standard InChI is InChI=1S/C9H7BrN2O3/c1-14-8-11-12(9(13)15-8)7-5-3-2-4-6(7)10/h2-5H,1H3. The highest BCUT2D eigenvalue weighted by Crippen LogP contribution is 2.19. The third kappa shape index (κ3) is 1.80. The van der Waals surface area contributed by atoms with E-state index in [9.17, 15) is 4.79 Å². The molecule has 0 radical (unpaired) electrons. The number of hydrogen-bond acceptors (Lipinski definition) is 4. The van der Waals surface area contributed by atoms with Gasteiger partial charge in [-0.2, -0.15) is 4.68 Å². The van der Waals surface area contributed by atoms with Crippen LogP contribution < -0.4 is 10.5 Å². The molecule has 0 unspecified atom stereocenters. The van der Waals surface area contributed by atoms with Crippen LogP contribution in [-0.4, -0.2) is 16.9 Å². The molecule has 1 aromatic heterocycles. The fourth-order valence-corrected chi connectivity index (χ4v) is 1.57. The molecule has 1 aromatic carbocycles. The number of nitrogens with zero attached hydrogens (tertiary/aromatic N) is 2. The third-order valence-electron chi connectivity index (χ3n) is 1.78. The Balaban J connectivity index is 2.59. The first-order chi connectivity index (χ1) is 7.22. The van der Waals surface area contributed by atoms with Gasteiger partial charge in [0.15, 0.2) is 0 Å². The molecule has 0 bridgehead atoms. The Morgan fingerprint density at radius 1 is 1.47 bits per heavy atom. The number of hydrogen-bond donors (Lipinski definition) is 0. The molecule has 0 saturated heterocycles. The van der Waals surface area contributed by atoms with Crippen LogP contribution in [0, 0.1) is 0 Å². The van der Waals surface area contributed by atoms with Crippen LogP contribution in [0.1, 0.15) is 0 Å². The first kappa shape index (κ1) is 9.97. The molecule has 0 amide bonds. The van der Waals surface area contributed by atoms with E-state index in [2.05, 4.69) is 21.0 Å². The minimum Gasteiger partial charge on any atom is -0.452 e. The van der Waals surface area contributed by atoms with Crippen LogP contribution >= 0.6 is 15.9 Å². The Labute approximate surface area is 93.4 Å². The van der Waals surface area contributed by atoms with Crippen LogP contribution in [0.2, 0.25) is 0 Å². The average Bonchev–Trinajstić information content (AvgIpc) is 2.60. The van der Waals surface area contributed by atoms with Gasteiger partial charge in [-0.05, 0) is 28.1 Å². The van der Waals surface area contributed by atoms with E-state index in [1.165, 1.54) is 7.11 Å². The van der Waals surface area contributed by atoms with Crippen LogP contribution in [0.25, 0.3) is 5.69 Å². The molecular formula is C9H7BrN2O3. The molecule has 0 aliphatic rings. The summed E-state index contributed by atoms with van der Waals surface area (Å²) >= 11 is 3.32. The van der Waals surface area contributed by atoms with Crippen molar-refractivity contribution in [2.75, 3.05) is 7.11 Å². The summed E-state index contributed by atoms with van der Waals surface area (Å²) in [5.41, 5.74) is 0.606. The van der Waals surface area contributed by atoms with Gasteiger partial charge in [-0.3, -0.25) is 0 Å². The second-order valence-electron chi connectivity index (χ2n) is 2.70. The normalized spacial score (nSPS) is 10.3. The predicted octanol–water partition coefficient (Wildman–Crippen LogP) is 1.60. The van der Waals surface area contributed by atoms with Crippen molar-refractivity contribution in [2.45, 2.75) is 0 Å². The van der Waals surface area contributed by atoms with Crippen LogP contribution in [0.5, 0.6) is 6.08 Å². The first-order valence-electron chi connectivity index (χ1n) is 4.11. The summed E-state index contributed by atoms with van der Waals surface area (Å²) in [7, 11) is 1.38. The maximum Gasteiger partial charge on any atom is 0.444 e. The van der Waals surface area contributed by atoms with Crippen molar-refractivity contribution in [1.29, 1.82) is 0 Å². The number of rotatable bonds is 2. The van der Waals surface area contributed by atoms with Gasteiger partial charge in [0.05, 0.1) is 12.8 Å². The lowest BCUT2D eigenvalue weighted by Crippen LogP contribution is -2.13. The summed E-state index contributed by atoms with van der Waals surface area (Å²) in [4.78, 5) is 11.4.